The van der Waals surface area contributed by atoms with Crippen molar-refractivity contribution in [2.24, 2.45) is 17.6 Å². The lowest BCUT2D eigenvalue weighted by molar-refractivity contribution is -0.126. The number of furan rings is 1. The van der Waals surface area contributed by atoms with Crippen molar-refractivity contribution in [3.63, 3.8) is 0 Å². The first kappa shape index (κ1) is 22.3. The topological polar surface area (TPSA) is 71.5 Å². The number of hydrogen-bond acceptors (Lipinski definition) is 4. The molecule has 144 valence electrons. The van der Waals surface area contributed by atoms with Crippen molar-refractivity contribution in [3.8, 4) is 0 Å². The molecule has 1 aromatic heterocycles. The minimum Gasteiger partial charge on any atom is -0.465 e. The number of carbonyl (C=O) groups is 1. The molecule has 2 heterocycles. The van der Waals surface area contributed by atoms with E-state index in [1.807, 2.05) is 19.1 Å². The molecular weight excluding hydrogens is 361 g/mol. The Labute approximate surface area is 162 Å². The number of nitrogens with one attached hydrogen (secondary N) is 1. The number of halogens is 2. The van der Waals surface area contributed by atoms with Crippen LogP contribution in [-0.4, -0.2) is 37.0 Å². The first-order valence-corrected chi connectivity index (χ1v) is 8.97. The van der Waals surface area contributed by atoms with Crippen LogP contribution in [0, 0.1) is 18.8 Å². The lowest BCUT2D eigenvalue weighted by Crippen LogP contribution is -2.40. The predicted octanol–water partition coefficient (Wildman–Crippen LogP) is 3.06. The quantitative estimate of drug-likeness (QED) is 0.781. The van der Waals surface area contributed by atoms with Crippen molar-refractivity contribution in [2.45, 2.75) is 45.1 Å². The maximum Gasteiger partial charge on any atom is 0.223 e. The number of nitrogens with two attached hydrogens (primary N) is 1. The number of hydrogen-bond donors (Lipinski definition) is 2. The van der Waals surface area contributed by atoms with Crippen LogP contribution in [0.15, 0.2) is 16.5 Å². The Morgan fingerprint density at radius 3 is 2.60 bits per heavy atom. The van der Waals surface area contributed by atoms with Gasteiger partial charge in [-0.3, -0.25) is 9.69 Å². The number of nitrogens with zero attached hydrogens (tertiary/aromatic N) is 1. The van der Waals surface area contributed by atoms with Gasteiger partial charge in [0.1, 0.15) is 11.5 Å². The largest absolute Gasteiger partial charge is 0.465 e. The van der Waals surface area contributed by atoms with E-state index < -0.39 is 0 Å². The molecule has 0 radical (unpaired) electrons. The highest BCUT2D eigenvalue weighted by Gasteiger charge is 2.33. The zero-order valence-electron chi connectivity index (χ0n) is 14.9. The van der Waals surface area contributed by atoms with E-state index in [0.717, 1.165) is 43.9 Å². The predicted molar refractivity (Wildman–Crippen MR) is 104 cm³/mol. The van der Waals surface area contributed by atoms with Gasteiger partial charge in [0.2, 0.25) is 5.91 Å². The molecule has 0 aromatic carbocycles. The average molecular weight is 392 g/mol. The third-order valence-electron chi connectivity index (χ3n) is 5.44. The number of rotatable bonds is 6. The third kappa shape index (κ3) is 5.36. The fourth-order valence-corrected chi connectivity index (χ4v) is 4.09. The molecule has 1 aliphatic heterocycles. The van der Waals surface area contributed by atoms with Gasteiger partial charge in [0, 0.05) is 12.5 Å². The van der Waals surface area contributed by atoms with E-state index in [0.29, 0.717) is 19.0 Å². The molecule has 1 aliphatic carbocycles. The highest BCUT2D eigenvalue weighted by Crippen LogP contribution is 2.31. The third-order valence-corrected chi connectivity index (χ3v) is 5.44. The van der Waals surface area contributed by atoms with Gasteiger partial charge in [0.25, 0.3) is 0 Å². The Morgan fingerprint density at radius 2 is 2.00 bits per heavy atom. The minimum absolute atomic E-state index is 0. The summed E-state index contributed by atoms with van der Waals surface area (Å²) in [6.07, 6.45) is 5.63. The van der Waals surface area contributed by atoms with Crippen molar-refractivity contribution in [1.29, 1.82) is 0 Å². The van der Waals surface area contributed by atoms with Crippen molar-refractivity contribution < 1.29 is 9.21 Å². The van der Waals surface area contributed by atoms with E-state index in [2.05, 4.69) is 10.2 Å². The van der Waals surface area contributed by atoms with E-state index in [-0.39, 0.29) is 42.7 Å². The molecule has 2 aliphatic rings. The summed E-state index contributed by atoms with van der Waals surface area (Å²) >= 11 is 0. The Morgan fingerprint density at radius 1 is 1.28 bits per heavy atom. The second kappa shape index (κ2) is 10.4. The van der Waals surface area contributed by atoms with Gasteiger partial charge >= 0.3 is 0 Å². The molecular formula is C18H31Cl2N3O2. The number of amides is 1. The first-order valence-electron chi connectivity index (χ1n) is 8.97. The standard InChI is InChI=1S/C18H29N3O2.2ClH/c1-13-7-8-17(23-13)16(21-9-2-3-10-21)12-20-18(22)15-6-4-5-14(15)11-19;;/h7-8,14-16H,2-6,9-12,19H2,1H3,(H,20,22);2*1H/t14-,15-,16?;;/m1../s1. The van der Waals surface area contributed by atoms with Crippen molar-refractivity contribution in [3.05, 3.63) is 23.7 Å². The summed E-state index contributed by atoms with van der Waals surface area (Å²) in [4.78, 5) is 15.0. The summed E-state index contributed by atoms with van der Waals surface area (Å²) in [5, 5.41) is 3.18. The van der Waals surface area contributed by atoms with Gasteiger partial charge in [-0.25, -0.2) is 0 Å². The molecule has 0 spiro atoms. The van der Waals surface area contributed by atoms with Crippen molar-refractivity contribution in [2.75, 3.05) is 26.2 Å². The summed E-state index contributed by atoms with van der Waals surface area (Å²) in [6.45, 7) is 5.36. The molecule has 2 fully saturated rings. The van der Waals surface area contributed by atoms with Gasteiger partial charge in [0.05, 0.1) is 6.04 Å². The molecule has 0 bridgehead atoms. The van der Waals surface area contributed by atoms with Gasteiger partial charge < -0.3 is 15.5 Å². The molecule has 3 rings (SSSR count). The summed E-state index contributed by atoms with van der Waals surface area (Å²) in [6, 6.07) is 4.19. The zero-order chi connectivity index (χ0) is 16.2. The van der Waals surface area contributed by atoms with Gasteiger partial charge in [-0.05, 0) is 70.3 Å². The van der Waals surface area contributed by atoms with E-state index in [1.165, 1.54) is 12.8 Å². The molecule has 3 atom stereocenters. The monoisotopic (exact) mass is 391 g/mol. The van der Waals surface area contributed by atoms with Crippen LogP contribution < -0.4 is 11.1 Å². The van der Waals surface area contributed by atoms with Crippen LogP contribution in [0.4, 0.5) is 0 Å². The number of likely N-dealkylation sites (tertiary alicyclic amines) is 1. The fraction of sp³-hybridized carbons (Fsp3) is 0.722. The second-order valence-corrected chi connectivity index (χ2v) is 6.99. The van der Waals surface area contributed by atoms with Gasteiger partial charge in [-0.15, -0.1) is 24.8 Å². The lowest BCUT2D eigenvalue weighted by Gasteiger charge is -2.27. The molecule has 1 amide bonds. The molecule has 1 aromatic rings. The van der Waals surface area contributed by atoms with Crippen LogP contribution in [0.3, 0.4) is 0 Å². The zero-order valence-corrected chi connectivity index (χ0v) is 16.5. The van der Waals surface area contributed by atoms with E-state index >= 15 is 0 Å². The SMILES string of the molecule is Cc1ccc(C(CNC(=O)[C@@H]2CCC[C@@H]2CN)N2CCCC2)o1.Cl.Cl. The lowest BCUT2D eigenvalue weighted by atomic mass is 9.95. The van der Waals surface area contributed by atoms with Crippen LogP contribution >= 0.6 is 24.8 Å². The summed E-state index contributed by atoms with van der Waals surface area (Å²) in [7, 11) is 0. The molecule has 1 saturated carbocycles. The molecule has 1 unspecified atom stereocenters. The van der Waals surface area contributed by atoms with Gasteiger partial charge in [0.15, 0.2) is 0 Å². The number of carbonyl (C=O) groups excluding carboxylic acids is 1. The Kier molecular flexibility index (Phi) is 9.28. The Hall–Kier alpha value is -0.750. The van der Waals surface area contributed by atoms with Crippen LogP contribution in [0.5, 0.6) is 0 Å². The summed E-state index contributed by atoms with van der Waals surface area (Å²) in [5.74, 6) is 2.51. The number of aryl methyl sites for hydroxylation is 1. The Bertz CT molecular complexity index is 532. The highest BCUT2D eigenvalue weighted by molar-refractivity contribution is 5.85. The van der Waals surface area contributed by atoms with E-state index in [1.54, 1.807) is 0 Å². The second-order valence-electron chi connectivity index (χ2n) is 6.99. The van der Waals surface area contributed by atoms with Crippen LogP contribution in [-0.2, 0) is 4.79 Å². The maximum absolute atomic E-state index is 12.6. The smallest absolute Gasteiger partial charge is 0.223 e. The molecule has 1 saturated heterocycles. The first-order chi connectivity index (χ1) is 11.2. The molecule has 3 N–H and O–H groups in total. The minimum atomic E-state index is 0. The molecule has 5 nitrogen and oxygen atoms in total. The van der Waals surface area contributed by atoms with E-state index in [4.69, 9.17) is 10.2 Å². The highest BCUT2D eigenvalue weighted by atomic mass is 35.5. The maximum atomic E-state index is 12.6. The van der Waals surface area contributed by atoms with E-state index in [9.17, 15) is 4.79 Å². The summed E-state index contributed by atoms with van der Waals surface area (Å²) in [5.41, 5.74) is 5.81. The Balaban J connectivity index is 0.00000156. The molecule has 25 heavy (non-hydrogen) atoms. The fourth-order valence-electron chi connectivity index (χ4n) is 4.09. The van der Waals surface area contributed by atoms with Gasteiger partial charge in [-0.1, -0.05) is 6.42 Å². The van der Waals surface area contributed by atoms with Crippen molar-refractivity contribution >= 4 is 30.7 Å². The summed E-state index contributed by atoms with van der Waals surface area (Å²) < 4.78 is 5.85. The molecule has 7 heteroatoms. The van der Waals surface area contributed by atoms with Gasteiger partial charge in [-0.2, -0.15) is 0 Å². The average Bonchev–Trinajstić information content (AvgIpc) is 3.28. The van der Waals surface area contributed by atoms with Crippen molar-refractivity contribution in [1.82, 2.24) is 10.2 Å². The van der Waals surface area contributed by atoms with Crippen LogP contribution in [0.25, 0.3) is 0 Å². The van der Waals surface area contributed by atoms with Crippen LogP contribution in [0.2, 0.25) is 0 Å². The van der Waals surface area contributed by atoms with Crippen LogP contribution in [0.1, 0.15) is 49.7 Å². The normalized spacial score (nSPS) is 24.4.